The molecule has 0 fully saturated rings. The molecule has 0 aliphatic carbocycles. The van der Waals surface area contributed by atoms with Gasteiger partial charge < -0.3 is 9.13 Å². The SMILES string of the molecule is [C-]#[N+]c1cccc(-c2cc(-n3c4ccccc4c4ccc(-c5ccnc(-c6ccccc6)c5)cc43)c(-n3c4ccccc4c4ccc(-c5ccnc(-c6ccccc6)c5)cc43)cc2C)c1. The third-order valence-electron chi connectivity index (χ3n) is 12.8. The maximum absolute atomic E-state index is 7.87. The first-order chi connectivity index (χ1) is 32.1. The molecule has 0 unspecified atom stereocenters. The van der Waals surface area contributed by atoms with Crippen LogP contribution in [0.15, 0.2) is 219 Å². The molecule has 65 heavy (non-hydrogen) atoms. The van der Waals surface area contributed by atoms with Crippen molar-refractivity contribution >= 4 is 49.3 Å². The lowest BCUT2D eigenvalue weighted by molar-refractivity contribution is 1.09. The molecule has 0 atom stereocenters. The standard InChI is InChI=1S/C60H39N5/c1-39-32-59(64-55-22-11-9-20-48(55)50-26-24-42(36-57(50)64)44-28-30-62-53(34-44)40-14-5-3-6-15-40)60(38-52(39)46-18-13-19-47(33-46)61-2)65-56-23-12-10-21-49(56)51-27-25-43(37-58(51)65)45-29-31-63-54(35-45)41-16-7-4-8-17-41/h3-38H,1H3. The maximum Gasteiger partial charge on any atom is 0.187 e. The highest BCUT2D eigenvalue weighted by molar-refractivity contribution is 6.13. The average molecular weight is 830 g/mol. The molecule has 0 aliphatic rings. The predicted octanol–water partition coefficient (Wildman–Crippen LogP) is 15.9. The number of aromatic nitrogens is 4. The van der Waals surface area contributed by atoms with Crippen LogP contribution in [0.3, 0.4) is 0 Å². The van der Waals surface area contributed by atoms with Crippen LogP contribution >= 0.6 is 0 Å². The molecule has 0 aliphatic heterocycles. The topological polar surface area (TPSA) is 40.0 Å². The first-order valence-electron chi connectivity index (χ1n) is 21.8. The van der Waals surface area contributed by atoms with E-state index in [1.807, 2.05) is 42.7 Å². The maximum atomic E-state index is 7.87. The van der Waals surface area contributed by atoms with Gasteiger partial charge in [-0.1, -0.05) is 140 Å². The van der Waals surface area contributed by atoms with Crippen LogP contribution in [0.1, 0.15) is 5.56 Å². The van der Waals surface area contributed by atoms with Crippen molar-refractivity contribution in [3.63, 3.8) is 0 Å². The second-order valence-electron chi connectivity index (χ2n) is 16.6. The van der Waals surface area contributed by atoms with Gasteiger partial charge in [-0.3, -0.25) is 9.97 Å². The number of nitrogens with zero attached hydrogens (tertiary/aromatic N) is 5. The van der Waals surface area contributed by atoms with Crippen molar-refractivity contribution < 1.29 is 0 Å². The Morgan fingerprint density at radius 2 is 0.831 bits per heavy atom. The Morgan fingerprint density at radius 3 is 1.37 bits per heavy atom. The van der Waals surface area contributed by atoms with Crippen molar-refractivity contribution in [2.24, 2.45) is 0 Å². The number of hydrogen-bond donors (Lipinski definition) is 0. The van der Waals surface area contributed by atoms with E-state index < -0.39 is 0 Å². The van der Waals surface area contributed by atoms with Crippen LogP contribution in [-0.2, 0) is 0 Å². The van der Waals surface area contributed by atoms with E-state index in [2.05, 4.69) is 197 Å². The molecule has 4 heterocycles. The summed E-state index contributed by atoms with van der Waals surface area (Å²) in [5.41, 5.74) is 18.8. The lowest BCUT2D eigenvalue weighted by atomic mass is 9.97. The average Bonchev–Trinajstić information content (AvgIpc) is 3.89. The molecule has 0 N–H and O–H groups in total. The second-order valence-corrected chi connectivity index (χ2v) is 16.6. The molecule has 0 amide bonds. The van der Waals surface area contributed by atoms with Crippen LogP contribution in [0, 0.1) is 13.5 Å². The molecule has 8 aromatic carbocycles. The highest BCUT2D eigenvalue weighted by Gasteiger charge is 2.22. The van der Waals surface area contributed by atoms with Crippen LogP contribution in [0.25, 0.3) is 116 Å². The molecule has 304 valence electrons. The number of benzene rings is 8. The number of para-hydroxylation sites is 2. The van der Waals surface area contributed by atoms with Crippen molar-refractivity contribution in [2.45, 2.75) is 6.92 Å². The third kappa shape index (κ3) is 6.47. The Bertz CT molecular complexity index is 3850. The zero-order valence-electron chi connectivity index (χ0n) is 35.5. The second kappa shape index (κ2) is 15.5. The molecule has 0 bridgehead atoms. The van der Waals surface area contributed by atoms with Crippen LogP contribution in [0.2, 0.25) is 0 Å². The minimum Gasteiger partial charge on any atom is -0.307 e. The third-order valence-corrected chi connectivity index (χ3v) is 12.8. The summed E-state index contributed by atoms with van der Waals surface area (Å²) in [5, 5.41) is 4.70. The highest BCUT2D eigenvalue weighted by atomic mass is 15.1. The summed E-state index contributed by atoms with van der Waals surface area (Å²) in [5.74, 6) is 0. The molecule has 0 radical (unpaired) electrons. The highest BCUT2D eigenvalue weighted by Crippen LogP contribution is 2.43. The minimum atomic E-state index is 0.614. The summed E-state index contributed by atoms with van der Waals surface area (Å²) in [6, 6.07) is 73.1. The lowest BCUT2D eigenvalue weighted by Gasteiger charge is -2.20. The molecule has 0 saturated carbocycles. The van der Waals surface area contributed by atoms with E-state index in [0.717, 1.165) is 94.9 Å². The fourth-order valence-corrected chi connectivity index (χ4v) is 9.67. The van der Waals surface area contributed by atoms with Gasteiger partial charge >= 0.3 is 0 Å². The normalized spacial score (nSPS) is 11.4. The number of aryl methyl sites for hydroxylation is 1. The summed E-state index contributed by atoms with van der Waals surface area (Å²) in [4.78, 5) is 13.3. The van der Waals surface area contributed by atoms with Gasteiger partial charge in [-0.2, -0.15) is 0 Å². The molecule has 12 aromatic rings. The Hall–Kier alpha value is -8.85. The zero-order valence-corrected chi connectivity index (χ0v) is 35.5. The van der Waals surface area contributed by atoms with Crippen LogP contribution in [0.5, 0.6) is 0 Å². The van der Waals surface area contributed by atoms with Gasteiger partial charge in [0.15, 0.2) is 5.69 Å². The van der Waals surface area contributed by atoms with E-state index in [9.17, 15) is 0 Å². The van der Waals surface area contributed by atoms with Crippen LogP contribution in [-0.4, -0.2) is 19.1 Å². The predicted molar refractivity (Wildman–Crippen MR) is 269 cm³/mol. The molecular weight excluding hydrogens is 791 g/mol. The van der Waals surface area contributed by atoms with Gasteiger partial charge in [0.05, 0.1) is 51.4 Å². The van der Waals surface area contributed by atoms with Crippen molar-refractivity contribution in [3.05, 3.63) is 236 Å². The number of fused-ring (bicyclic) bond motifs is 6. The lowest BCUT2D eigenvalue weighted by Crippen LogP contribution is -2.05. The van der Waals surface area contributed by atoms with Crippen molar-refractivity contribution in [1.29, 1.82) is 0 Å². The number of pyridine rings is 2. The van der Waals surface area contributed by atoms with Crippen molar-refractivity contribution in [1.82, 2.24) is 19.1 Å². The van der Waals surface area contributed by atoms with Crippen molar-refractivity contribution in [3.8, 4) is 67.3 Å². The quantitative estimate of drug-likeness (QED) is 0.150. The summed E-state index contributed by atoms with van der Waals surface area (Å²) < 4.78 is 4.90. The van der Waals surface area contributed by atoms with E-state index in [0.29, 0.717) is 5.69 Å². The van der Waals surface area contributed by atoms with Gasteiger partial charge in [0, 0.05) is 45.1 Å². The molecule has 5 nitrogen and oxygen atoms in total. The van der Waals surface area contributed by atoms with Gasteiger partial charge in [0.2, 0.25) is 0 Å². The van der Waals surface area contributed by atoms with E-state index in [1.54, 1.807) is 0 Å². The summed E-state index contributed by atoms with van der Waals surface area (Å²) in [7, 11) is 0. The van der Waals surface area contributed by atoms with Crippen molar-refractivity contribution in [2.75, 3.05) is 0 Å². The molecular formula is C60H39N5. The summed E-state index contributed by atoms with van der Waals surface area (Å²) in [6.07, 6.45) is 3.82. The minimum absolute atomic E-state index is 0.614. The summed E-state index contributed by atoms with van der Waals surface area (Å²) >= 11 is 0. The fraction of sp³-hybridized carbons (Fsp3) is 0.0167. The molecule has 12 rings (SSSR count). The smallest absolute Gasteiger partial charge is 0.187 e. The van der Waals surface area contributed by atoms with Crippen LogP contribution in [0.4, 0.5) is 5.69 Å². The van der Waals surface area contributed by atoms with E-state index in [4.69, 9.17) is 16.5 Å². The van der Waals surface area contributed by atoms with Crippen LogP contribution < -0.4 is 0 Å². The Balaban J connectivity index is 1.15. The van der Waals surface area contributed by atoms with E-state index in [1.165, 1.54) is 21.5 Å². The molecule has 4 aromatic heterocycles. The fourth-order valence-electron chi connectivity index (χ4n) is 9.67. The Labute approximate surface area is 376 Å². The van der Waals surface area contributed by atoms with Gasteiger partial charge in [0.25, 0.3) is 0 Å². The Morgan fingerprint density at radius 1 is 0.369 bits per heavy atom. The van der Waals surface area contributed by atoms with Gasteiger partial charge in [-0.25, -0.2) is 4.85 Å². The zero-order chi connectivity index (χ0) is 43.4. The Kier molecular flexibility index (Phi) is 9.03. The number of rotatable bonds is 7. The molecule has 0 saturated heterocycles. The first-order valence-corrected chi connectivity index (χ1v) is 21.8. The number of hydrogen-bond acceptors (Lipinski definition) is 2. The largest absolute Gasteiger partial charge is 0.307 e. The van der Waals surface area contributed by atoms with Gasteiger partial charge in [-0.15, -0.1) is 0 Å². The molecule has 5 heteroatoms. The van der Waals surface area contributed by atoms with E-state index >= 15 is 0 Å². The van der Waals surface area contributed by atoms with Gasteiger partial charge in [0.1, 0.15) is 0 Å². The first kappa shape index (κ1) is 37.9. The monoisotopic (exact) mass is 829 g/mol. The van der Waals surface area contributed by atoms with E-state index in [-0.39, 0.29) is 0 Å². The molecule has 0 spiro atoms. The summed E-state index contributed by atoms with van der Waals surface area (Å²) in [6.45, 7) is 10.1. The van der Waals surface area contributed by atoms with Gasteiger partial charge in [-0.05, 0) is 113 Å².